The standard InChI is InChI=1S/C12H13BrN2OS2/c13-9-1-5-17-11(9)8-15-3-4-16-10(7-15)12-14-2-6-18-12/h1-2,5-6,10H,3-4,7-8H2/t10-/m1/s1. The Balaban J connectivity index is 1.66. The Labute approximate surface area is 123 Å². The number of aromatic nitrogens is 1. The van der Waals surface area contributed by atoms with Crippen LogP contribution in [0.1, 0.15) is 16.0 Å². The van der Waals surface area contributed by atoms with Gasteiger partial charge in [0.05, 0.1) is 6.61 Å². The predicted octanol–water partition coefficient (Wildman–Crippen LogP) is 3.54. The molecule has 1 aliphatic rings. The number of hydrogen-bond donors (Lipinski definition) is 0. The number of hydrogen-bond acceptors (Lipinski definition) is 5. The van der Waals surface area contributed by atoms with Crippen LogP contribution >= 0.6 is 38.6 Å². The molecule has 0 unspecified atom stereocenters. The topological polar surface area (TPSA) is 25.4 Å². The van der Waals surface area contributed by atoms with E-state index in [-0.39, 0.29) is 6.10 Å². The van der Waals surface area contributed by atoms with Gasteiger partial charge in [0.15, 0.2) is 0 Å². The zero-order valence-electron chi connectivity index (χ0n) is 9.71. The van der Waals surface area contributed by atoms with Gasteiger partial charge in [-0.2, -0.15) is 0 Å². The van der Waals surface area contributed by atoms with Crippen LogP contribution in [0.5, 0.6) is 0 Å². The van der Waals surface area contributed by atoms with E-state index in [1.165, 1.54) is 9.35 Å². The Hall–Kier alpha value is -0.270. The lowest BCUT2D eigenvalue weighted by Crippen LogP contribution is -2.37. The van der Waals surface area contributed by atoms with Gasteiger partial charge in [-0.3, -0.25) is 4.90 Å². The largest absolute Gasteiger partial charge is 0.368 e. The quantitative estimate of drug-likeness (QED) is 0.851. The van der Waals surface area contributed by atoms with E-state index in [1.807, 2.05) is 11.6 Å². The molecule has 0 amide bonds. The van der Waals surface area contributed by atoms with E-state index >= 15 is 0 Å². The van der Waals surface area contributed by atoms with Crippen molar-refractivity contribution in [3.8, 4) is 0 Å². The van der Waals surface area contributed by atoms with Gasteiger partial charge < -0.3 is 4.74 Å². The first-order valence-electron chi connectivity index (χ1n) is 5.78. The molecular weight excluding hydrogens is 332 g/mol. The van der Waals surface area contributed by atoms with Gasteiger partial charge in [-0.25, -0.2) is 4.98 Å². The minimum atomic E-state index is 0.137. The smallest absolute Gasteiger partial charge is 0.123 e. The fourth-order valence-corrected chi connectivity index (χ4v) is 4.23. The van der Waals surface area contributed by atoms with Crippen LogP contribution in [-0.2, 0) is 11.3 Å². The minimum Gasteiger partial charge on any atom is -0.368 e. The fourth-order valence-electron chi connectivity index (χ4n) is 2.03. The maximum atomic E-state index is 5.80. The summed E-state index contributed by atoms with van der Waals surface area (Å²) in [6.45, 7) is 3.70. The van der Waals surface area contributed by atoms with Crippen LogP contribution in [0.25, 0.3) is 0 Å². The summed E-state index contributed by atoms with van der Waals surface area (Å²) in [6, 6.07) is 2.11. The number of thiazole rings is 1. The van der Waals surface area contributed by atoms with Crippen molar-refractivity contribution in [2.75, 3.05) is 19.7 Å². The van der Waals surface area contributed by atoms with E-state index in [0.29, 0.717) is 0 Å². The van der Waals surface area contributed by atoms with Crippen molar-refractivity contribution >= 4 is 38.6 Å². The average molecular weight is 345 g/mol. The summed E-state index contributed by atoms with van der Waals surface area (Å²) >= 11 is 7.06. The summed E-state index contributed by atoms with van der Waals surface area (Å²) in [5.41, 5.74) is 0. The van der Waals surface area contributed by atoms with Crippen LogP contribution in [0.4, 0.5) is 0 Å². The summed E-state index contributed by atoms with van der Waals surface area (Å²) in [6.07, 6.45) is 1.98. The highest BCUT2D eigenvalue weighted by molar-refractivity contribution is 9.10. The van der Waals surface area contributed by atoms with Crippen LogP contribution < -0.4 is 0 Å². The molecule has 0 bridgehead atoms. The van der Waals surface area contributed by atoms with Crippen LogP contribution in [0.3, 0.4) is 0 Å². The first kappa shape index (κ1) is 12.7. The first-order valence-corrected chi connectivity index (χ1v) is 8.33. The van der Waals surface area contributed by atoms with Gasteiger partial charge in [0.1, 0.15) is 11.1 Å². The van der Waals surface area contributed by atoms with Gasteiger partial charge in [-0.05, 0) is 27.4 Å². The first-order chi connectivity index (χ1) is 8.83. The molecule has 96 valence electrons. The third-order valence-corrected chi connectivity index (χ3v) is 5.71. The molecule has 3 rings (SSSR count). The molecule has 1 fully saturated rings. The second-order valence-corrected chi connectivity index (χ2v) is 6.94. The van der Waals surface area contributed by atoms with E-state index in [1.54, 1.807) is 22.7 Å². The molecule has 0 saturated carbocycles. The lowest BCUT2D eigenvalue weighted by molar-refractivity contribution is -0.0327. The second-order valence-electron chi connectivity index (χ2n) is 4.16. The second kappa shape index (κ2) is 5.79. The third-order valence-electron chi connectivity index (χ3n) is 2.94. The van der Waals surface area contributed by atoms with Crippen LogP contribution in [-0.4, -0.2) is 29.6 Å². The molecule has 0 aromatic carbocycles. The van der Waals surface area contributed by atoms with E-state index in [9.17, 15) is 0 Å². The highest BCUT2D eigenvalue weighted by Gasteiger charge is 2.24. The summed E-state index contributed by atoms with van der Waals surface area (Å²) in [5, 5.41) is 5.22. The molecular formula is C12H13BrN2OS2. The number of thiophene rings is 1. The number of ether oxygens (including phenoxy) is 1. The van der Waals surface area contributed by atoms with Crippen molar-refractivity contribution in [3.05, 3.63) is 37.4 Å². The van der Waals surface area contributed by atoms with Crippen molar-refractivity contribution in [2.45, 2.75) is 12.6 Å². The molecule has 2 aromatic heterocycles. The molecule has 1 atom stereocenters. The third kappa shape index (κ3) is 2.83. The highest BCUT2D eigenvalue weighted by atomic mass is 79.9. The van der Waals surface area contributed by atoms with Crippen molar-refractivity contribution in [1.82, 2.24) is 9.88 Å². The Kier molecular flexibility index (Phi) is 4.10. The lowest BCUT2D eigenvalue weighted by atomic mass is 10.2. The van der Waals surface area contributed by atoms with Crippen LogP contribution in [0, 0.1) is 0 Å². The molecule has 0 N–H and O–H groups in total. The van der Waals surface area contributed by atoms with Crippen LogP contribution in [0.15, 0.2) is 27.5 Å². The number of rotatable bonds is 3. The zero-order chi connectivity index (χ0) is 12.4. The van der Waals surface area contributed by atoms with Crippen molar-refractivity contribution in [3.63, 3.8) is 0 Å². The Morgan fingerprint density at radius 3 is 3.11 bits per heavy atom. The molecule has 1 aliphatic heterocycles. The van der Waals surface area contributed by atoms with E-state index in [2.05, 4.69) is 37.3 Å². The summed E-state index contributed by atoms with van der Waals surface area (Å²) in [5.74, 6) is 0. The van der Waals surface area contributed by atoms with E-state index in [0.717, 1.165) is 31.2 Å². The fraction of sp³-hybridized carbons (Fsp3) is 0.417. The van der Waals surface area contributed by atoms with Gasteiger partial charge in [-0.1, -0.05) is 0 Å². The molecule has 0 spiro atoms. The van der Waals surface area contributed by atoms with Gasteiger partial charge in [0.25, 0.3) is 0 Å². The lowest BCUT2D eigenvalue weighted by Gasteiger charge is -2.31. The van der Waals surface area contributed by atoms with Crippen molar-refractivity contribution in [1.29, 1.82) is 0 Å². The average Bonchev–Trinajstić information content (AvgIpc) is 3.02. The minimum absolute atomic E-state index is 0.137. The monoisotopic (exact) mass is 344 g/mol. The molecule has 6 heteroatoms. The summed E-state index contributed by atoms with van der Waals surface area (Å²) in [4.78, 5) is 8.17. The number of nitrogens with zero attached hydrogens (tertiary/aromatic N) is 2. The van der Waals surface area contributed by atoms with Crippen molar-refractivity contribution < 1.29 is 4.74 Å². The number of morpholine rings is 1. The van der Waals surface area contributed by atoms with Crippen LogP contribution in [0.2, 0.25) is 0 Å². The zero-order valence-corrected chi connectivity index (χ0v) is 12.9. The summed E-state index contributed by atoms with van der Waals surface area (Å²) in [7, 11) is 0. The molecule has 18 heavy (non-hydrogen) atoms. The van der Waals surface area contributed by atoms with Gasteiger partial charge >= 0.3 is 0 Å². The summed E-state index contributed by atoms with van der Waals surface area (Å²) < 4.78 is 7.01. The Bertz CT molecular complexity index is 500. The molecule has 0 radical (unpaired) electrons. The number of halogens is 1. The predicted molar refractivity (Wildman–Crippen MR) is 78.1 cm³/mol. The molecule has 0 aliphatic carbocycles. The van der Waals surface area contributed by atoms with E-state index in [4.69, 9.17) is 4.74 Å². The van der Waals surface area contributed by atoms with Gasteiger partial charge in [-0.15, -0.1) is 22.7 Å². The SMILES string of the molecule is Brc1ccsc1CN1CCO[C@@H](c2nccs2)C1. The highest BCUT2D eigenvalue weighted by Crippen LogP contribution is 2.28. The molecule has 3 heterocycles. The molecule has 2 aromatic rings. The van der Waals surface area contributed by atoms with Gasteiger partial charge in [0, 0.05) is 40.6 Å². The Morgan fingerprint density at radius 2 is 2.39 bits per heavy atom. The van der Waals surface area contributed by atoms with Crippen molar-refractivity contribution in [2.24, 2.45) is 0 Å². The molecule has 3 nitrogen and oxygen atoms in total. The molecule has 1 saturated heterocycles. The normalized spacial score (nSPS) is 21.3. The van der Waals surface area contributed by atoms with E-state index < -0.39 is 0 Å². The van der Waals surface area contributed by atoms with Gasteiger partial charge in [0.2, 0.25) is 0 Å². The maximum Gasteiger partial charge on any atom is 0.123 e. The Morgan fingerprint density at radius 1 is 1.44 bits per heavy atom. The maximum absolute atomic E-state index is 5.80.